The van der Waals surface area contributed by atoms with Gasteiger partial charge in [0, 0.05) is 11.3 Å². The zero-order valence-electron chi connectivity index (χ0n) is 8.50. The van der Waals surface area contributed by atoms with Gasteiger partial charge in [0.2, 0.25) is 0 Å². The van der Waals surface area contributed by atoms with Crippen molar-refractivity contribution in [3.05, 3.63) is 35.4 Å². The lowest BCUT2D eigenvalue weighted by Crippen LogP contribution is -2.30. The van der Waals surface area contributed by atoms with Crippen LogP contribution in [0.4, 0.5) is 0 Å². The predicted octanol–water partition coefficient (Wildman–Crippen LogP) is -0.386. The van der Waals surface area contributed by atoms with Crippen LogP contribution in [0.3, 0.4) is 0 Å². The van der Waals surface area contributed by atoms with Gasteiger partial charge in [0.05, 0.1) is 6.10 Å². The third-order valence-electron chi connectivity index (χ3n) is 2.20. The first kappa shape index (κ1) is 13.0. The monoisotopic (exact) mass is 242 g/mol. The molecule has 5 nitrogen and oxygen atoms in total. The number of nitrogen functional groups attached to an aromatic ring is 1. The van der Waals surface area contributed by atoms with Gasteiger partial charge in [-0.15, -0.1) is 0 Å². The lowest BCUT2D eigenvalue weighted by atomic mass is 10.0. The number of aliphatic hydroxyl groups excluding tert-OH is 2. The molecule has 0 fully saturated rings. The van der Waals surface area contributed by atoms with E-state index in [-0.39, 0.29) is 5.75 Å². The van der Waals surface area contributed by atoms with Crippen LogP contribution >= 0.6 is 12.6 Å². The van der Waals surface area contributed by atoms with E-state index >= 15 is 0 Å². The molecule has 6 heteroatoms. The number of nitrogens with one attached hydrogen (secondary N) is 1. The molecule has 0 aromatic heterocycles. The first-order valence-corrected chi connectivity index (χ1v) is 5.31. The van der Waals surface area contributed by atoms with Crippen molar-refractivity contribution >= 4 is 18.5 Å². The Morgan fingerprint density at radius 2 is 1.94 bits per heavy atom. The zero-order chi connectivity index (χ0) is 12.1. The Morgan fingerprint density at radius 1 is 1.38 bits per heavy atom. The van der Waals surface area contributed by atoms with Crippen LogP contribution in [-0.2, 0) is 0 Å². The van der Waals surface area contributed by atoms with E-state index in [4.69, 9.17) is 5.84 Å². The van der Waals surface area contributed by atoms with Crippen molar-refractivity contribution in [3.8, 4) is 0 Å². The van der Waals surface area contributed by atoms with Crippen LogP contribution in [0.2, 0.25) is 0 Å². The molecule has 0 aliphatic heterocycles. The second-order valence-corrected chi connectivity index (χ2v) is 3.66. The highest BCUT2D eigenvalue weighted by Crippen LogP contribution is 2.18. The number of rotatable bonds is 4. The van der Waals surface area contributed by atoms with Gasteiger partial charge in [-0.05, 0) is 17.7 Å². The number of aliphatic hydroxyl groups is 2. The molecule has 5 N–H and O–H groups in total. The molecular formula is C10H14N2O3S. The zero-order valence-corrected chi connectivity index (χ0v) is 9.39. The molecule has 1 aromatic carbocycles. The fourth-order valence-corrected chi connectivity index (χ4v) is 1.44. The molecule has 0 aliphatic rings. The standard InChI is InChI=1S/C10H14N2O3S/c11-12-10(15)7-3-1-6(2-4-7)9(14)8(13)5-16/h1-4,8-9,13-14,16H,5,11H2,(H,12,15). The quantitative estimate of drug-likeness (QED) is 0.215. The Kier molecular flexibility index (Phi) is 4.75. The molecule has 0 radical (unpaired) electrons. The number of hydrogen-bond acceptors (Lipinski definition) is 5. The lowest BCUT2D eigenvalue weighted by Gasteiger charge is -2.16. The molecule has 2 atom stereocenters. The topological polar surface area (TPSA) is 95.6 Å². The highest BCUT2D eigenvalue weighted by atomic mass is 32.1. The van der Waals surface area contributed by atoms with Gasteiger partial charge in [-0.3, -0.25) is 10.2 Å². The SMILES string of the molecule is NNC(=O)c1ccc(C(O)C(O)CS)cc1. The second-order valence-electron chi connectivity index (χ2n) is 3.29. The van der Waals surface area contributed by atoms with Crippen LogP contribution in [0.15, 0.2) is 24.3 Å². The predicted molar refractivity (Wildman–Crippen MR) is 62.9 cm³/mol. The van der Waals surface area contributed by atoms with E-state index in [2.05, 4.69) is 12.6 Å². The van der Waals surface area contributed by atoms with Crippen molar-refractivity contribution in [2.75, 3.05) is 5.75 Å². The summed E-state index contributed by atoms with van der Waals surface area (Å²) >= 11 is 3.88. The maximum atomic E-state index is 11.1. The van der Waals surface area contributed by atoms with E-state index in [0.717, 1.165) is 0 Å². The van der Waals surface area contributed by atoms with Gasteiger partial charge in [-0.25, -0.2) is 5.84 Å². The van der Waals surface area contributed by atoms with Crippen molar-refractivity contribution in [1.29, 1.82) is 0 Å². The molecule has 2 unspecified atom stereocenters. The summed E-state index contributed by atoms with van der Waals surface area (Å²) in [5, 5.41) is 19.0. The average molecular weight is 242 g/mol. The Labute approximate surface area is 98.7 Å². The molecule has 0 saturated heterocycles. The normalized spacial score (nSPS) is 14.2. The van der Waals surface area contributed by atoms with Crippen molar-refractivity contribution in [3.63, 3.8) is 0 Å². The molecule has 1 amide bonds. The fourth-order valence-electron chi connectivity index (χ4n) is 1.24. The summed E-state index contributed by atoms with van der Waals surface area (Å²) < 4.78 is 0. The number of carbonyl (C=O) groups is 1. The molecule has 1 aromatic rings. The van der Waals surface area contributed by atoms with Crippen LogP contribution in [0.1, 0.15) is 22.0 Å². The first-order valence-electron chi connectivity index (χ1n) is 4.68. The van der Waals surface area contributed by atoms with Crippen molar-refractivity contribution in [1.82, 2.24) is 5.43 Å². The maximum absolute atomic E-state index is 11.1. The van der Waals surface area contributed by atoms with E-state index < -0.39 is 18.1 Å². The molecule has 0 heterocycles. The van der Waals surface area contributed by atoms with Gasteiger partial charge < -0.3 is 10.2 Å². The van der Waals surface area contributed by atoms with E-state index in [1.54, 1.807) is 12.1 Å². The third-order valence-corrected chi connectivity index (χ3v) is 2.57. The van der Waals surface area contributed by atoms with E-state index in [9.17, 15) is 15.0 Å². The summed E-state index contributed by atoms with van der Waals surface area (Å²) in [7, 11) is 0. The first-order chi connectivity index (χ1) is 7.60. The van der Waals surface area contributed by atoms with Crippen LogP contribution in [0.25, 0.3) is 0 Å². The summed E-state index contributed by atoms with van der Waals surface area (Å²) in [5.41, 5.74) is 2.91. The van der Waals surface area contributed by atoms with Gasteiger partial charge >= 0.3 is 0 Å². The van der Waals surface area contributed by atoms with Crippen molar-refractivity contribution in [2.45, 2.75) is 12.2 Å². The van der Waals surface area contributed by atoms with Gasteiger partial charge in [0.25, 0.3) is 5.91 Å². The highest BCUT2D eigenvalue weighted by molar-refractivity contribution is 7.80. The molecule has 0 aliphatic carbocycles. The van der Waals surface area contributed by atoms with Crippen LogP contribution < -0.4 is 11.3 Å². The minimum Gasteiger partial charge on any atom is -0.389 e. The number of hydrogen-bond donors (Lipinski definition) is 5. The van der Waals surface area contributed by atoms with Gasteiger partial charge in [-0.2, -0.15) is 12.6 Å². The fraction of sp³-hybridized carbons (Fsp3) is 0.300. The molecular weight excluding hydrogens is 228 g/mol. The van der Waals surface area contributed by atoms with Crippen LogP contribution in [0, 0.1) is 0 Å². The number of nitrogens with two attached hydrogens (primary N) is 1. The number of thiol groups is 1. The summed E-state index contributed by atoms with van der Waals surface area (Å²) in [6.07, 6.45) is -1.94. The minimum absolute atomic E-state index is 0.159. The van der Waals surface area contributed by atoms with Gasteiger partial charge in [0.15, 0.2) is 0 Å². The van der Waals surface area contributed by atoms with E-state index in [0.29, 0.717) is 11.1 Å². The highest BCUT2D eigenvalue weighted by Gasteiger charge is 2.16. The number of benzene rings is 1. The lowest BCUT2D eigenvalue weighted by molar-refractivity contribution is 0.0337. The summed E-state index contributed by atoms with van der Waals surface area (Å²) in [4.78, 5) is 11.1. The second kappa shape index (κ2) is 5.86. The number of carbonyl (C=O) groups excluding carboxylic acids is 1. The van der Waals surface area contributed by atoms with E-state index in [1.165, 1.54) is 12.1 Å². The molecule has 1 rings (SSSR count). The summed E-state index contributed by atoms with van der Waals surface area (Å²) in [5.74, 6) is 4.72. The Balaban J connectivity index is 2.82. The van der Waals surface area contributed by atoms with Crippen molar-refractivity contribution < 1.29 is 15.0 Å². The number of hydrazine groups is 1. The Hall–Kier alpha value is -1.08. The van der Waals surface area contributed by atoms with Gasteiger partial charge in [-0.1, -0.05) is 12.1 Å². The summed E-state index contributed by atoms with van der Waals surface area (Å²) in [6.45, 7) is 0. The smallest absolute Gasteiger partial charge is 0.265 e. The molecule has 0 bridgehead atoms. The molecule has 88 valence electrons. The largest absolute Gasteiger partial charge is 0.389 e. The third kappa shape index (κ3) is 2.96. The van der Waals surface area contributed by atoms with Crippen LogP contribution in [-0.4, -0.2) is 28.0 Å². The minimum atomic E-state index is -1.01. The molecule has 0 spiro atoms. The number of amides is 1. The maximum Gasteiger partial charge on any atom is 0.265 e. The molecule has 0 saturated carbocycles. The summed E-state index contributed by atoms with van der Waals surface area (Å²) in [6, 6.07) is 6.15. The van der Waals surface area contributed by atoms with Crippen molar-refractivity contribution in [2.24, 2.45) is 5.84 Å². The Morgan fingerprint density at radius 3 is 2.38 bits per heavy atom. The van der Waals surface area contributed by atoms with Gasteiger partial charge in [0.1, 0.15) is 6.10 Å². The molecule has 16 heavy (non-hydrogen) atoms. The Bertz CT molecular complexity index is 356. The average Bonchev–Trinajstić information content (AvgIpc) is 2.36. The van der Waals surface area contributed by atoms with E-state index in [1.807, 2.05) is 5.43 Å². The van der Waals surface area contributed by atoms with Crippen LogP contribution in [0.5, 0.6) is 0 Å².